The SMILES string of the molecule is CCC1CCCC(N(C)C(C)CC#N)C1. The molecule has 1 saturated carbocycles. The summed E-state index contributed by atoms with van der Waals surface area (Å²) in [7, 11) is 2.19. The molecule has 0 heterocycles. The minimum atomic E-state index is 0.413. The van der Waals surface area contributed by atoms with Crippen LogP contribution in [0.1, 0.15) is 52.4 Å². The van der Waals surface area contributed by atoms with E-state index in [1.54, 1.807) is 0 Å². The van der Waals surface area contributed by atoms with Gasteiger partial charge in [0.2, 0.25) is 0 Å². The van der Waals surface area contributed by atoms with Crippen LogP contribution in [0.5, 0.6) is 0 Å². The molecule has 0 aromatic carbocycles. The maximum atomic E-state index is 8.71. The molecule has 0 aliphatic heterocycles. The Morgan fingerprint density at radius 1 is 1.47 bits per heavy atom. The van der Waals surface area contributed by atoms with Crippen LogP contribution in [0.3, 0.4) is 0 Å². The third-order valence-corrected chi connectivity index (χ3v) is 3.99. The Morgan fingerprint density at radius 3 is 2.80 bits per heavy atom. The van der Waals surface area contributed by atoms with Crippen molar-refractivity contribution in [2.45, 2.75) is 64.5 Å². The first-order valence-corrected chi connectivity index (χ1v) is 6.27. The molecule has 1 fully saturated rings. The highest BCUT2D eigenvalue weighted by Gasteiger charge is 2.25. The second-order valence-electron chi connectivity index (χ2n) is 4.97. The number of nitrogens with zero attached hydrogens (tertiary/aromatic N) is 2. The molecule has 2 nitrogen and oxygen atoms in total. The molecule has 2 heteroatoms. The first-order chi connectivity index (χ1) is 7.19. The van der Waals surface area contributed by atoms with Crippen molar-refractivity contribution in [2.75, 3.05) is 7.05 Å². The molecule has 0 aromatic rings. The second kappa shape index (κ2) is 6.12. The van der Waals surface area contributed by atoms with E-state index in [1.165, 1.54) is 32.1 Å². The second-order valence-corrected chi connectivity index (χ2v) is 4.97. The van der Waals surface area contributed by atoms with E-state index >= 15 is 0 Å². The van der Waals surface area contributed by atoms with Gasteiger partial charge in [0.25, 0.3) is 0 Å². The van der Waals surface area contributed by atoms with Crippen molar-refractivity contribution >= 4 is 0 Å². The van der Waals surface area contributed by atoms with Gasteiger partial charge in [-0.1, -0.05) is 26.2 Å². The molecule has 3 unspecified atom stereocenters. The molecule has 3 atom stereocenters. The lowest BCUT2D eigenvalue weighted by atomic mass is 9.83. The predicted octanol–water partition coefficient (Wildman–Crippen LogP) is 3.19. The lowest BCUT2D eigenvalue weighted by molar-refractivity contribution is 0.121. The van der Waals surface area contributed by atoms with Gasteiger partial charge in [-0.15, -0.1) is 0 Å². The van der Waals surface area contributed by atoms with Crippen LogP contribution in [0.2, 0.25) is 0 Å². The summed E-state index contributed by atoms with van der Waals surface area (Å²) in [5, 5.41) is 8.71. The third-order valence-electron chi connectivity index (χ3n) is 3.99. The van der Waals surface area contributed by atoms with Crippen molar-refractivity contribution in [3.63, 3.8) is 0 Å². The first-order valence-electron chi connectivity index (χ1n) is 6.27. The van der Waals surface area contributed by atoms with E-state index in [2.05, 4.69) is 31.9 Å². The van der Waals surface area contributed by atoms with E-state index < -0.39 is 0 Å². The molecule has 0 bridgehead atoms. The van der Waals surface area contributed by atoms with Gasteiger partial charge in [0.1, 0.15) is 0 Å². The molecule has 0 radical (unpaired) electrons. The summed E-state index contributed by atoms with van der Waals surface area (Å²) in [6.07, 6.45) is 7.41. The zero-order chi connectivity index (χ0) is 11.3. The average molecular weight is 208 g/mol. The fraction of sp³-hybridized carbons (Fsp3) is 0.923. The van der Waals surface area contributed by atoms with E-state index in [0.717, 1.165) is 5.92 Å². The van der Waals surface area contributed by atoms with Gasteiger partial charge in [-0.25, -0.2) is 0 Å². The van der Waals surface area contributed by atoms with Gasteiger partial charge in [0.15, 0.2) is 0 Å². The van der Waals surface area contributed by atoms with Gasteiger partial charge in [-0.2, -0.15) is 5.26 Å². The van der Waals surface area contributed by atoms with E-state index in [9.17, 15) is 0 Å². The average Bonchev–Trinajstić information content (AvgIpc) is 2.28. The summed E-state index contributed by atoms with van der Waals surface area (Å²) in [4.78, 5) is 2.42. The highest BCUT2D eigenvalue weighted by Crippen LogP contribution is 2.30. The van der Waals surface area contributed by atoms with E-state index in [4.69, 9.17) is 5.26 Å². The standard InChI is InChI=1S/C13H24N2/c1-4-12-6-5-7-13(10-12)15(3)11(2)8-9-14/h11-13H,4-8,10H2,1-3H3. The number of hydrogen-bond acceptors (Lipinski definition) is 2. The highest BCUT2D eigenvalue weighted by atomic mass is 15.2. The van der Waals surface area contributed by atoms with Gasteiger partial charge in [0.05, 0.1) is 12.5 Å². The number of rotatable bonds is 4. The molecule has 15 heavy (non-hydrogen) atoms. The summed E-state index contributed by atoms with van der Waals surface area (Å²) >= 11 is 0. The Labute approximate surface area is 94.3 Å². The lowest BCUT2D eigenvalue weighted by Gasteiger charge is -2.37. The maximum Gasteiger partial charge on any atom is 0.0638 e. The van der Waals surface area contributed by atoms with Crippen LogP contribution in [-0.4, -0.2) is 24.0 Å². The summed E-state index contributed by atoms with van der Waals surface area (Å²) in [6.45, 7) is 4.46. The predicted molar refractivity (Wildman–Crippen MR) is 63.5 cm³/mol. The van der Waals surface area contributed by atoms with E-state index in [-0.39, 0.29) is 0 Å². The maximum absolute atomic E-state index is 8.71. The van der Waals surface area contributed by atoms with Crippen molar-refractivity contribution in [2.24, 2.45) is 5.92 Å². The van der Waals surface area contributed by atoms with Crippen LogP contribution >= 0.6 is 0 Å². The fourth-order valence-electron chi connectivity index (χ4n) is 2.64. The Kier molecular flexibility index (Phi) is 5.11. The molecular formula is C13H24N2. The third kappa shape index (κ3) is 3.50. The van der Waals surface area contributed by atoms with Crippen molar-refractivity contribution < 1.29 is 0 Å². The van der Waals surface area contributed by atoms with Crippen LogP contribution in [-0.2, 0) is 0 Å². The quantitative estimate of drug-likeness (QED) is 0.709. The molecule has 0 spiro atoms. The molecular weight excluding hydrogens is 184 g/mol. The summed E-state index contributed by atoms with van der Waals surface area (Å²) in [5.41, 5.74) is 0. The lowest BCUT2D eigenvalue weighted by Crippen LogP contribution is -2.41. The normalized spacial score (nSPS) is 28.7. The van der Waals surface area contributed by atoms with Crippen molar-refractivity contribution in [3.8, 4) is 6.07 Å². The van der Waals surface area contributed by atoms with Gasteiger partial charge in [-0.05, 0) is 32.7 Å². The van der Waals surface area contributed by atoms with Gasteiger partial charge < -0.3 is 0 Å². The molecule has 1 aliphatic rings. The van der Waals surface area contributed by atoms with Crippen LogP contribution < -0.4 is 0 Å². The molecule has 0 amide bonds. The first kappa shape index (κ1) is 12.5. The number of hydrogen-bond donors (Lipinski definition) is 0. The minimum Gasteiger partial charge on any atom is -0.300 e. The highest BCUT2D eigenvalue weighted by molar-refractivity contribution is 4.85. The van der Waals surface area contributed by atoms with E-state index in [1.807, 2.05) is 0 Å². The van der Waals surface area contributed by atoms with Gasteiger partial charge in [-0.3, -0.25) is 4.90 Å². The molecule has 1 aliphatic carbocycles. The Bertz CT molecular complexity index is 219. The zero-order valence-electron chi connectivity index (χ0n) is 10.4. The van der Waals surface area contributed by atoms with Crippen molar-refractivity contribution in [3.05, 3.63) is 0 Å². The van der Waals surface area contributed by atoms with Gasteiger partial charge in [0, 0.05) is 12.1 Å². The van der Waals surface area contributed by atoms with Crippen LogP contribution in [0, 0.1) is 17.2 Å². The summed E-state index contributed by atoms with van der Waals surface area (Å²) in [5.74, 6) is 0.917. The van der Waals surface area contributed by atoms with Crippen LogP contribution in [0.15, 0.2) is 0 Å². The smallest absolute Gasteiger partial charge is 0.0638 e. The largest absolute Gasteiger partial charge is 0.300 e. The van der Waals surface area contributed by atoms with Crippen molar-refractivity contribution in [1.82, 2.24) is 4.90 Å². The Hall–Kier alpha value is -0.550. The van der Waals surface area contributed by atoms with Crippen molar-refractivity contribution in [1.29, 1.82) is 5.26 Å². The van der Waals surface area contributed by atoms with Crippen LogP contribution in [0.25, 0.3) is 0 Å². The number of nitriles is 1. The molecule has 86 valence electrons. The Balaban J connectivity index is 2.44. The Morgan fingerprint density at radius 2 is 2.20 bits per heavy atom. The molecule has 1 rings (SSSR count). The molecule has 0 saturated heterocycles. The topological polar surface area (TPSA) is 27.0 Å². The summed E-state index contributed by atoms with van der Waals surface area (Å²) < 4.78 is 0. The zero-order valence-corrected chi connectivity index (χ0v) is 10.4. The van der Waals surface area contributed by atoms with Gasteiger partial charge >= 0.3 is 0 Å². The molecule has 0 N–H and O–H groups in total. The monoisotopic (exact) mass is 208 g/mol. The van der Waals surface area contributed by atoms with Crippen LogP contribution in [0.4, 0.5) is 0 Å². The minimum absolute atomic E-state index is 0.413. The fourth-order valence-corrected chi connectivity index (χ4v) is 2.64. The van der Waals surface area contributed by atoms with E-state index in [0.29, 0.717) is 18.5 Å². The molecule has 0 aromatic heterocycles. The summed E-state index contributed by atoms with van der Waals surface area (Å²) in [6, 6.07) is 3.40.